The van der Waals surface area contributed by atoms with E-state index in [9.17, 15) is 9.59 Å². The third-order valence-electron chi connectivity index (χ3n) is 5.77. The van der Waals surface area contributed by atoms with E-state index in [4.69, 9.17) is 0 Å². The van der Waals surface area contributed by atoms with Crippen molar-refractivity contribution in [1.82, 2.24) is 20.1 Å². The first-order chi connectivity index (χ1) is 15.1. The molecule has 1 N–H and O–H groups in total. The zero-order chi connectivity index (χ0) is 21.8. The van der Waals surface area contributed by atoms with Crippen molar-refractivity contribution >= 4 is 28.8 Å². The molecule has 0 spiro atoms. The Bertz CT molecular complexity index is 1030. The number of rotatable bonds is 7. The fourth-order valence-electron chi connectivity index (χ4n) is 4.13. The number of piperidine rings is 1. The smallest absolute Gasteiger partial charge is 0.227 e. The summed E-state index contributed by atoms with van der Waals surface area (Å²) >= 11 is 1.59. The molecule has 4 rings (SSSR count). The number of thiophene rings is 1. The van der Waals surface area contributed by atoms with Crippen LogP contribution in [0.4, 0.5) is 5.69 Å². The van der Waals surface area contributed by atoms with Crippen molar-refractivity contribution in [3.05, 3.63) is 64.4 Å². The topological polar surface area (TPSA) is 80.1 Å². The number of aromatic nitrogens is 3. The van der Waals surface area contributed by atoms with Crippen molar-refractivity contribution in [1.29, 1.82) is 0 Å². The second kappa shape index (κ2) is 9.43. The van der Waals surface area contributed by atoms with Gasteiger partial charge in [0.25, 0.3) is 0 Å². The molecule has 31 heavy (non-hydrogen) atoms. The van der Waals surface area contributed by atoms with Crippen molar-refractivity contribution in [3.63, 3.8) is 0 Å². The van der Waals surface area contributed by atoms with Crippen LogP contribution in [0.5, 0.6) is 0 Å². The quantitative estimate of drug-likeness (QED) is 0.613. The summed E-state index contributed by atoms with van der Waals surface area (Å²) in [5.41, 5.74) is 1.97. The van der Waals surface area contributed by atoms with E-state index >= 15 is 0 Å². The number of carbonyl (C=O) groups excluding carboxylic acids is 2. The molecule has 162 valence electrons. The molecule has 0 radical (unpaired) electrons. The number of nitrogens with one attached hydrogen (secondary N) is 1. The average Bonchev–Trinajstić information content (AvgIpc) is 3.46. The van der Waals surface area contributed by atoms with Crippen molar-refractivity contribution < 1.29 is 9.59 Å². The average molecular weight is 438 g/mol. The van der Waals surface area contributed by atoms with Crippen molar-refractivity contribution in [2.75, 3.05) is 11.4 Å². The maximum Gasteiger partial charge on any atom is 0.227 e. The predicted molar refractivity (Wildman–Crippen MR) is 121 cm³/mol. The molecular weight excluding hydrogens is 410 g/mol. The minimum absolute atomic E-state index is 0.0226. The third-order valence-corrected chi connectivity index (χ3v) is 6.71. The van der Waals surface area contributed by atoms with E-state index in [0.29, 0.717) is 25.8 Å². The molecule has 0 bridgehead atoms. The van der Waals surface area contributed by atoms with Crippen LogP contribution in [0.25, 0.3) is 0 Å². The summed E-state index contributed by atoms with van der Waals surface area (Å²) in [6, 6.07) is 11.6. The number of carbonyl (C=O) groups is 2. The van der Waals surface area contributed by atoms with Crippen LogP contribution in [0, 0.1) is 12.8 Å². The van der Waals surface area contributed by atoms with Crippen LogP contribution < -0.4 is 10.2 Å². The van der Waals surface area contributed by atoms with Crippen LogP contribution in [0.1, 0.15) is 42.1 Å². The van der Waals surface area contributed by atoms with Crippen molar-refractivity contribution in [2.45, 2.75) is 45.7 Å². The molecule has 1 aromatic carbocycles. The van der Waals surface area contributed by atoms with E-state index in [2.05, 4.69) is 15.5 Å². The van der Waals surface area contributed by atoms with Gasteiger partial charge in [0.2, 0.25) is 11.8 Å². The number of anilines is 1. The van der Waals surface area contributed by atoms with Crippen LogP contribution in [-0.2, 0) is 22.6 Å². The molecule has 2 unspecified atom stereocenters. The molecule has 0 aliphatic carbocycles. The molecule has 2 atom stereocenters. The molecule has 1 saturated heterocycles. The lowest BCUT2D eigenvalue weighted by atomic mass is 9.86. The van der Waals surface area contributed by atoms with Gasteiger partial charge >= 0.3 is 0 Å². The second-order valence-electron chi connectivity index (χ2n) is 7.78. The zero-order valence-electron chi connectivity index (χ0n) is 17.8. The standard InChI is InChI=1S/C23H27N5O2S/c1-3-27-15-25-26-20(27)12-13-24-23(30)18-10-11-21(29)28(17-8-6-16(2)7-9-17)22(18)19-5-4-14-31-19/h4-9,14-15,18,22H,3,10-13H2,1-2H3,(H,24,30). The maximum atomic E-state index is 13.2. The number of hydrogen-bond acceptors (Lipinski definition) is 5. The molecule has 1 aliphatic heterocycles. The van der Waals surface area contributed by atoms with Gasteiger partial charge in [0.05, 0.1) is 12.0 Å². The summed E-state index contributed by atoms with van der Waals surface area (Å²) in [6.45, 7) is 5.35. The van der Waals surface area contributed by atoms with E-state index in [0.717, 1.165) is 28.5 Å². The fourth-order valence-corrected chi connectivity index (χ4v) is 5.01. The minimum Gasteiger partial charge on any atom is -0.355 e. The lowest BCUT2D eigenvalue weighted by molar-refractivity contribution is -0.129. The van der Waals surface area contributed by atoms with E-state index in [1.54, 1.807) is 17.7 Å². The molecule has 1 fully saturated rings. The van der Waals surface area contributed by atoms with Gasteiger partial charge in [-0.25, -0.2) is 0 Å². The summed E-state index contributed by atoms with van der Waals surface area (Å²) in [5, 5.41) is 13.1. The van der Waals surface area contributed by atoms with Gasteiger partial charge in [-0.05, 0) is 43.8 Å². The van der Waals surface area contributed by atoms with E-state index in [-0.39, 0.29) is 23.8 Å². The van der Waals surface area contributed by atoms with E-state index in [1.165, 1.54) is 0 Å². The van der Waals surface area contributed by atoms with Gasteiger partial charge in [-0.1, -0.05) is 23.8 Å². The van der Waals surface area contributed by atoms with Gasteiger partial charge in [-0.2, -0.15) is 0 Å². The summed E-state index contributed by atoms with van der Waals surface area (Å²) in [4.78, 5) is 29.1. The SMILES string of the molecule is CCn1cnnc1CCNC(=O)C1CCC(=O)N(c2ccc(C)cc2)C1c1cccs1. The molecule has 1 aliphatic rings. The normalized spacial score (nSPS) is 18.9. The van der Waals surface area contributed by atoms with Crippen molar-refractivity contribution in [3.8, 4) is 0 Å². The van der Waals surface area contributed by atoms with Crippen LogP contribution >= 0.6 is 11.3 Å². The highest BCUT2D eigenvalue weighted by Crippen LogP contribution is 2.41. The lowest BCUT2D eigenvalue weighted by Gasteiger charge is -2.40. The van der Waals surface area contributed by atoms with E-state index < -0.39 is 0 Å². The Morgan fingerprint density at radius 3 is 2.77 bits per heavy atom. The molecule has 2 aromatic heterocycles. The van der Waals surface area contributed by atoms with Crippen LogP contribution in [0.3, 0.4) is 0 Å². The largest absolute Gasteiger partial charge is 0.355 e. The highest BCUT2D eigenvalue weighted by molar-refractivity contribution is 7.10. The van der Waals surface area contributed by atoms with Gasteiger partial charge in [0.1, 0.15) is 12.2 Å². The predicted octanol–water partition coefficient (Wildman–Crippen LogP) is 3.51. The van der Waals surface area contributed by atoms with Crippen LogP contribution in [0.15, 0.2) is 48.1 Å². The fraction of sp³-hybridized carbons (Fsp3) is 0.391. The Hall–Kier alpha value is -3.00. The van der Waals surface area contributed by atoms with Gasteiger partial charge in [0.15, 0.2) is 0 Å². The highest BCUT2D eigenvalue weighted by atomic mass is 32.1. The van der Waals surface area contributed by atoms with Gasteiger partial charge < -0.3 is 14.8 Å². The molecule has 7 nitrogen and oxygen atoms in total. The van der Waals surface area contributed by atoms with Gasteiger partial charge in [0, 0.05) is 36.5 Å². The molecular formula is C23H27N5O2S. The third kappa shape index (κ3) is 4.54. The molecule has 3 aromatic rings. The Balaban J connectivity index is 1.54. The van der Waals surface area contributed by atoms with Gasteiger partial charge in [-0.3, -0.25) is 9.59 Å². The second-order valence-corrected chi connectivity index (χ2v) is 8.76. The summed E-state index contributed by atoms with van der Waals surface area (Å²) in [6.07, 6.45) is 3.23. The molecule has 0 saturated carbocycles. The Labute approximate surface area is 186 Å². The van der Waals surface area contributed by atoms with Gasteiger partial charge in [-0.15, -0.1) is 21.5 Å². The van der Waals surface area contributed by atoms with Crippen molar-refractivity contribution in [2.24, 2.45) is 5.92 Å². The van der Waals surface area contributed by atoms with E-state index in [1.807, 2.05) is 65.1 Å². The number of aryl methyl sites for hydroxylation is 2. The first-order valence-corrected chi connectivity index (χ1v) is 11.5. The summed E-state index contributed by atoms with van der Waals surface area (Å²) < 4.78 is 1.97. The summed E-state index contributed by atoms with van der Waals surface area (Å²) in [7, 11) is 0. The number of amides is 2. The Morgan fingerprint density at radius 2 is 2.06 bits per heavy atom. The lowest BCUT2D eigenvalue weighted by Crippen LogP contribution is -2.48. The maximum absolute atomic E-state index is 13.2. The number of hydrogen-bond donors (Lipinski definition) is 1. The number of nitrogens with zero attached hydrogens (tertiary/aromatic N) is 4. The number of benzene rings is 1. The van der Waals surface area contributed by atoms with Crippen LogP contribution in [-0.4, -0.2) is 33.1 Å². The molecule has 2 amide bonds. The summed E-state index contributed by atoms with van der Waals surface area (Å²) in [5.74, 6) is 0.590. The first kappa shape index (κ1) is 21.2. The first-order valence-electron chi connectivity index (χ1n) is 10.6. The monoisotopic (exact) mass is 437 g/mol. The Morgan fingerprint density at radius 1 is 1.26 bits per heavy atom. The Kier molecular flexibility index (Phi) is 6.46. The molecule has 8 heteroatoms. The minimum atomic E-state index is -0.304. The molecule has 3 heterocycles. The zero-order valence-corrected chi connectivity index (χ0v) is 18.6. The highest BCUT2D eigenvalue weighted by Gasteiger charge is 2.41. The van der Waals surface area contributed by atoms with Crippen LogP contribution in [0.2, 0.25) is 0 Å².